The van der Waals surface area contributed by atoms with E-state index < -0.39 is 0 Å². The van der Waals surface area contributed by atoms with Crippen LogP contribution in [0.3, 0.4) is 0 Å². The molecule has 1 N–H and O–H groups in total. The second-order valence-electron chi connectivity index (χ2n) is 9.22. The largest absolute Gasteiger partial charge is 0.480 e. The zero-order chi connectivity index (χ0) is 24.2. The van der Waals surface area contributed by atoms with Gasteiger partial charge in [0.2, 0.25) is 0 Å². The Labute approximate surface area is 211 Å². The molecular formula is C30H30N2O2S. The predicted octanol–water partition coefficient (Wildman–Crippen LogP) is 6.74. The Balaban J connectivity index is 1.56. The highest BCUT2D eigenvalue weighted by atomic mass is 32.2. The van der Waals surface area contributed by atoms with E-state index in [4.69, 9.17) is 11.2 Å². The van der Waals surface area contributed by atoms with E-state index >= 15 is 0 Å². The molecule has 5 rings (SSSR count). The molecule has 1 aliphatic heterocycles. The van der Waals surface area contributed by atoms with Crippen molar-refractivity contribution in [2.24, 2.45) is 5.92 Å². The van der Waals surface area contributed by atoms with Crippen molar-refractivity contribution in [3.63, 3.8) is 0 Å². The number of hydrogen-bond acceptors (Lipinski definition) is 4. The second kappa shape index (κ2) is 10.5. The molecule has 0 aromatic heterocycles. The first-order valence-electron chi connectivity index (χ1n) is 12.3. The number of terminal acetylenes is 1. The summed E-state index contributed by atoms with van der Waals surface area (Å²) >= 11 is 1.58. The number of benzene rings is 3. The summed E-state index contributed by atoms with van der Waals surface area (Å²) in [6.45, 7) is 2.46. The number of amides is 1. The van der Waals surface area contributed by atoms with Crippen LogP contribution in [0.2, 0.25) is 0 Å². The van der Waals surface area contributed by atoms with Gasteiger partial charge in [-0.2, -0.15) is 0 Å². The monoisotopic (exact) mass is 482 g/mol. The molecule has 2 fully saturated rings. The molecule has 1 saturated carbocycles. The fraction of sp³-hybridized carbons (Fsp3) is 0.300. The Morgan fingerprint density at radius 1 is 1.09 bits per heavy atom. The van der Waals surface area contributed by atoms with E-state index in [-0.39, 0.29) is 24.1 Å². The molecule has 1 saturated heterocycles. The van der Waals surface area contributed by atoms with Gasteiger partial charge in [0.15, 0.2) is 5.50 Å². The summed E-state index contributed by atoms with van der Waals surface area (Å²) < 4.78 is 5.89. The van der Waals surface area contributed by atoms with Crippen LogP contribution in [-0.2, 0) is 4.79 Å². The van der Waals surface area contributed by atoms with Crippen LogP contribution < -0.4 is 10.1 Å². The molecule has 4 nitrogen and oxygen atoms in total. The van der Waals surface area contributed by atoms with E-state index in [1.54, 1.807) is 11.8 Å². The van der Waals surface area contributed by atoms with Gasteiger partial charge in [-0.25, -0.2) is 0 Å². The quantitative estimate of drug-likeness (QED) is 0.312. The maximum atomic E-state index is 13.9. The molecule has 1 heterocycles. The minimum atomic E-state index is -0.160. The Hall–Kier alpha value is -3.36. The van der Waals surface area contributed by atoms with Crippen molar-refractivity contribution in [1.29, 1.82) is 0 Å². The topological polar surface area (TPSA) is 41.6 Å². The molecule has 1 aliphatic carbocycles. The number of anilines is 1. The standard InChI is InChI=1S/C30H30N2O2S/c1-3-19-34-27-18-17-22-12-8-9-15-24(22)25(27)20-28-29(33)32(26-16-10-7-11-21(26)2)30(35-28)31-23-13-5-4-6-14-23/h1,4-6,8-9,12-15,17-18,20-21,26,30-31H,7,10-11,16,19H2,2H3/b28-20-/t21-,26-,30?/m1/s1. The van der Waals surface area contributed by atoms with Gasteiger partial charge in [-0.1, -0.05) is 86.0 Å². The number of fused-ring (bicyclic) bond motifs is 1. The average Bonchev–Trinajstić information content (AvgIpc) is 3.18. The number of para-hydroxylation sites is 1. The van der Waals surface area contributed by atoms with E-state index in [0.717, 1.165) is 46.2 Å². The lowest BCUT2D eigenvalue weighted by Crippen LogP contribution is -2.48. The normalized spacial score (nSPS) is 23.4. The van der Waals surface area contributed by atoms with Gasteiger partial charge in [-0.3, -0.25) is 4.79 Å². The third kappa shape index (κ3) is 4.90. The summed E-state index contributed by atoms with van der Waals surface area (Å²) in [6.07, 6.45) is 12.1. The maximum Gasteiger partial charge on any atom is 0.262 e. The first kappa shape index (κ1) is 23.4. The smallest absolute Gasteiger partial charge is 0.262 e. The molecule has 3 aromatic carbocycles. The van der Waals surface area contributed by atoms with Crippen LogP contribution in [0.25, 0.3) is 16.8 Å². The predicted molar refractivity (Wildman–Crippen MR) is 146 cm³/mol. The zero-order valence-electron chi connectivity index (χ0n) is 19.9. The van der Waals surface area contributed by atoms with Gasteiger partial charge in [-0.05, 0) is 53.8 Å². The molecule has 1 amide bonds. The van der Waals surface area contributed by atoms with Crippen LogP contribution in [0.5, 0.6) is 5.75 Å². The van der Waals surface area contributed by atoms with Gasteiger partial charge in [0.05, 0.1) is 4.91 Å². The van der Waals surface area contributed by atoms with E-state index in [1.165, 1.54) is 6.42 Å². The Kier molecular flexibility index (Phi) is 7.01. The van der Waals surface area contributed by atoms with Crippen molar-refractivity contribution in [3.05, 3.63) is 77.2 Å². The first-order chi connectivity index (χ1) is 17.2. The van der Waals surface area contributed by atoms with Crippen molar-refractivity contribution in [1.82, 2.24) is 4.90 Å². The van der Waals surface area contributed by atoms with Crippen LogP contribution in [0.15, 0.2) is 71.6 Å². The van der Waals surface area contributed by atoms with Crippen molar-refractivity contribution in [3.8, 4) is 18.1 Å². The fourth-order valence-corrected chi connectivity index (χ4v) is 6.36. The van der Waals surface area contributed by atoms with E-state index in [2.05, 4.69) is 35.2 Å². The maximum absolute atomic E-state index is 13.9. The van der Waals surface area contributed by atoms with Crippen LogP contribution in [-0.4, -0.2) is 29.0 Å². The van der Waals surface area contributed by atoms with E-state index in [1.807, 2.05) is 60.7 Å². The Bertz CT molecular complexity index is 1280. The third-order valence-electron chi connectivity index (χ3n) is 6.94. The number of rotatable bonds is 6. The molecule has 5 heteroatoms. The molecule has 35 heavy (non-hydrogen) atoms. The Morgan fingerprint density at radius 2 is 1.86 bits per heavy atom. The number of carbonyl (C=O) groups excluding carboxylic acids is 1. The van der Waals surface area contributed by atoms with Gasteiger partial charge in [0.25, 0.3) is 5.91 Å². The summed E-state index contributed by atoms with van der Waals surface area (Å²) in [5, 5.41) is 5.75. The molecule has 3 atom stereocenters. The van der Waals surface area contributed by atoms with Gasteiger partial charge in [0, 0.05) is 17.3 Å². The number of thioether (sulfide) groups is 1. The molecule has 0 spiro atoms. The summed E-state index contributed by atoms with van der Waals surface area (Å²) in [7, 11) is 0. The highest BCUT2D eigenvalue weighted by Gasteiger charge is 2.43. The minimum absolute atomic E-state index is 0.0815. The van der Waals surface area contributed by atoms with Gasteiger partial charge in [-0.15, -0.1) is 6.42 Å². The molecule has 178 valence electrons. The van der Waals surface area contributed by atoms with Crippen molar-refractivity contribution in [2.75, 3.05) is 11.9 Å². The van der Waals surface area contributed by atoms with Crippen LogP contribution >= 0.6 is 11.8 Å². The average molecular weight is 483 g/mol. The third-order valence-corrected chi connectivity index (χ3v) is 8.06. The van der Waals surface area contributed by atoms with Crippen molar-refractivity contribution < 1.29 is 9.53 Å². The van der Waals surface area contributed by atoms with Gasteiger partial charge >= 0.3 is 0 Å². The summed E-state index contributed by atoms with van der Waals surface area (Å²) in [6, 6.07) is 22.5. The minimum Gasteiger partial charge on any atom is -0.480 e. The second-order valence-corrected chi connectivity index (χ2v) is 10.3. The first-order valence-corrected chi connectivity index (χ1v) is 13.1. The van der Waals surface area contributed by atoms with Crippen LogP contribution in [0, 0.1) is 18.3 Å². The highest BCUT2D eigenvalue weighted by Crippen LogP contribution is 2.43. The summed E-state index contributed by atoms with van der Waals surface area (Å²) in [5.74, 6) is 3.80. The zero-order valence-corrected chi connectivity index (χ0v) is 20.8. The van der Waals surface area contributed by atoms with Crippen molar-refractivity contribution >= 4 is 40.2 Å². The van der Waals surface area contributed by atoms with E-state index in [9.17, 15) is 4.79 Å². The highest BCUT2D eigenvalue weighted by molar-refractivity contribution is 8.05. The lowest BCUT2D eigenvalue weighted by molar-refractivity contribution is -0.129. The van der Waals surface area contributed by atoms with Gasteiger partial charge < -0.3 is 15.0 Å². The molecular weight excluding hydrogens is 452 g/mol. The van der Waals surface area contributed by atoms with Gasteiger partial charge in [0.1, 0.15) is 12.4 Å². The van der Waals surface area contributed by atoms with Crippen molar-refractivity contribution in [2.45, 2.75) is 44.1 Å². The molecule has 3 aromatic rings. The molecule has 0 radical (unpaired) electrons. The molecule has 2 aliphatic rings. The van der Waals surface area contributed by atoms with Crippen LogP contribution in [0.1, 0.15) is 38.2 Å². The SMILES string of the molecule is C#CCOc1ccc2ccccc2c1/C=C1\SC(Nc2ccccc2)N([C@@H]2CCCC[C@H]2C)C1=O. The number of ether oxygens (including phenoxy) is 1. The lowest BCUT2D eigenvalue weighted by Gasteiger charge is -2.39. The number of nitrogens with one attached hydrogen (secondary N) is 1. The Morgan fingerprint density at radius 3 is 2.66 bits per heavy atom. The van der Waals surface area contributed by atoms with Crippen LogP contribution in [0.4, 0.5) is 5.69 Å². The fourth-order valence-electron chi connectivity index (χ4n) is 5.17. The van der Waals surface area contributed by atoms with E-state index in [0.29, 0.717) is 11.7 Å². The number of hydrogen-bond donors (Lipinski definition) is 1. The number of nitrogens with zero attached hydrogens (tertiary/aromatic N) is 1. The molecule has 0 bridgehead atoms. The molecule has 1 unspecified atom stereocenters. The number of carbonyl (C=O) groups is 1. The summed E-state index contributed by atoms with van der Waals surface area (Å²) in [4.78, 5) is 16.7. The summed E-state index contributed by atoms with van der Waals surface area (Å²) in [5.41, 5.74) is 1.74. The lowest BCUT2D eigenvalue weighted by atomic mass is 9.85.